The molecule has 0 spiro atoms. The van der Waals surface area contributed by atoms with E-state index in [0.29, 0.717) is 5.88 Å². The molecule has 5 nitrogen and oxygen atoms in total. The molecule has 1 heterocycles. The Morgan fingerprint density at radius 1 is 1.39 bits per heavy atom. The van der Waals surface area contributed by atoms with Crippen LogP contribution in [0.15, 0.2) is 12.4 Å². The zero-order valence-corrected chi connectivity index (χ0v) is 11.6. The number of hydrogen-bond acceptors (Lipinski definition) is 5. The molecule has 0 aliphatic heterocycles. The Morgan fingerprint density at radius 3 is 2.72 bits per heavy atom. The molecule has 0 fully saturated rings. The van der Waals surface area contributed by atoms with Gasteiger partial charge in [0.15, 0.2) is 0 Å². The Morgan fingerprint density at radius 2 is 2.11 bits per heavy atom. The van der Waals surface area contributed by atoms with E-state index in [-0.39, 0.29) is 18.1 Å². The fourth-order valence-corrected chi connectivity index (χ4v) is 1.46. The normalized spacial score (nSPS) is 11.7. The maximum Gasteiger partial charge on any atom is 0.218 e. The van der Waals surface area contributed by atoms with Crippen molar-refractivity contribution in [2.45, 2.75) is 40.2 Å². The van der Waals surface area contributed by atoms with Crippen molar-refractivity contribution in [1.29, 1.82) is 0 Å². The van der Waals surface area contributed by atoms with Crippen LogP contribution in [0.4, 0.5) is 5.82 Å². The molecule has 18 heavy (non-hydrogen) atoms. The van der Waals surface area contributed by atoms with Crippen LogP contribution in [0.1, 0.15) is 34.1 Å². The Labute approximate surface area is 109 Å². The summed E-state index contributed by atoms with van der Waals surface area (Å²) < 4.78 is 5.50. The SMILES string of the molecule is CC(C)Oc1cc(NCC(C)(C)CCO)ncn1. The summed E-state index contributed by atoms with van der Waals surface area (Å²) >= 11 is 0. The molecule has 0 amide bonds. The molecule has 1 aromatic rings. The molecule has 0 unspecified atom stereocenters. The lowest BCUT2D eigenvalue weighted by Gasteiger charge is -2.24. The van der Waals surface area contributed by atoms with Crippen molar-refractivity contribution in [3.05, 3.63) is 12.4 Å². The molecule has 0 saturated heterocycles. The van der Waals surface area contributed by atoms with Gasteiger partial charge in [0.1, 0.15) is 12.1 Å². The van der Waals surface area contributed by atoms with Crippen LogP contribution < -0.4 is 10.1 Å². The van der Waals surface area contributed by atoms with E-state index < -0.39 is 0 Å². The largest absolute Gasteiger partial charge is 0.475 e. The molecular weight excluding hydrogens is 230 g/mol. The predicted octanol–water partition coefficient (Wildman–Crippen LogP) is 2.08. The minimum absolute atomic E-state index is 0.0266. The number of ether oxygens (including phenoxy) is 1. The number of rotatable bonds is 7. The van der Waals surface area contributed by atoms with Gasteiger partial charge in [-0.25, -0.2) is 9.97 Å². The van der Waals surface area contributed by atoms with Gasteiger partial charge in [-0.3, -0.25) is 0 Å². The second kappa shape index (κ2) is 6.54. The minimum atomic E-state index is 0.0266. The van der Waals surface area contributed by atoms with Gasteiger partial charge in [-0.05, 0) is 25.7 Å². The lowest BCUT2D eigenvalue weighted by atomic mass is 9.90. The van der Waals surface area contributed by atoms with E-state index in [9.17, 15) is 0 Å². The molecule has 0 aliphatic carbocycles. The molecule has 0 atom stereocenters. The molecule has 2 N–H and O–H groups in total. The van der Waals surface area contributed by atoms with Crippen molar-refractivity contribution in [3.8, 4) is 5.88 Å². The fourth-order valence-electron chi connectivity index (χ4n) is 1.46. The Balaban J connectivity index is 2.57. The Hall–Kier alpha value is -1.36. The standard InChI is InChI=1S/C13H23N3O2/c1-10(2)18-12-7-11(15-9-16-12)14-8-13(3,4)5-6-17/h7,9-10,17H,5-6,8H2,1-4H3,(H,14,15,16). The molecule has 0 aromatic carbocycles. The van der Waals surface area contributed by atoms with Gasteiger partial charge in [0.25, 0.3) is 0 Å². The van der Waals surface area contributed by atoms with Gasteiger partial charge in [0.05, 0.1) is 6.10 Å². The van der Waals surface area contributed by atoms with Crippen LogP contribution in [0, 0.1) is 5.41 Å². The Kier molecular flexibility index (Phi) is 5.34. The first-order chi connectivity index (χ1) is 8.43. The van der Waals surface area contributed by atoms with E-state index in [4.69, 9.17) is 9.84 Å². The highest BCUT2D eigenvalue weighted by Crippen LogP contribution is 2.21. The molecule has 1 aromatic heterocycles. The zero-order valence-electron chi connectivity index (χ0n) is 11.6. The van der Waals surface area contributed by atoms with E-state index in [1.165, 1.54) is 6.33 Å². The second-order valence-electron chi connectivity index (χ2n) is 5.40. The zero-order chi connectivity index (χ0) is 13.6. The minimum Gasteiger partial charge on any atom is -0.475 e. The van der Waals surface area contributed by atoms with E-state index in [2.05, 4.69) is 29.1 Å². The molecule has 0 saturated carbocycles. The number of aliphatic hydroxyl groups is 1. The molecule has 102 valence electrons. The van der Waals surface area contributed by atoms with Crippen LogP contribution in [0.5, 0.6) is 5.88 Å². The molecule has 1 rings (SSSR count). The summed E-state index contributed by atoms with van der Waals surface area (Å²) in [5.74, 6) is 1.31. The average Bonchev–Trinajstić information content (AvgIpc) is 2.26. The number of nitrogens with zero attached hydrogens (tertiary/aromatic N) is 2. The molecule has 0 bridgehead atoms. The van der Waals surface area contributed by atoms with Gasteiger partial charge in [-0.15, -0.1) is 0 Å². The summed E-state index contributed by atoms with van der Waals surface area (Å²) in [6.07, 6.45) is 2.33. The molecule has 5 heteroatoms. The van der Waals surface area contributed by atoms with Crippen LogP contribution in [-0.2, 0) is 0 Å². The summed E-state index contributed by atoms with van der Waals surface area (Å²) in [5.41, 5.74) is 0.0266. The predicted molar refractivity (Wildman–Crippen MR) is 71.8 cm³/mol. The lowest BCUT2D eigenvalue weighted by Crippen LogP contribution is -2.24. The van der Waals surface area contributed by atoms with Gasteiger partial charge < -0.3 is 15.2 Å². The molecule has 0 radical (unpaired) electrons. The number of aliphatic hydroxyl groups excluding tert-OH is 1. The first-order valence-electron chi connectivity index (χ1n) is 6.26. The van der Waals surface area contributed by atoms with Gasteiger partial charge in [-0.2, -0.15) is 0 Å². The fraction of sp³-hybridized carbons (Fsp3) is 0.692. The van der Waals surface area contributed by atoms with Gasteiger partial charge >= 0.3 is 0 Å². The number of aromatic nitrogens is 2. The number of hydrogen-bond donors (Lipinski definition) is 2. The van der Waals surface area contributed by atoms with Gasteiger partial charge in [-0.1, -0.05) is 13.8 Å². The van der Waals surface area contributed by atoms with Crippen LogP contribution in [0.2, 0.25) is 0 Å². The summed E-state index contributed by atoms with van der Waals surface area (Å²) in [6, 6.07) is 1.79. The molecule has 0 aliphatic rings. The lowest BCUT2D eigenvalue weighted by molar-refractivity contribution is 0.219. The highest BCUT2D eigenvalue weighted by molar-refractivity contribution is 5.37. The highest BCUT2D eigenvalue weighted by Gasteiger charge is 2.17. The maximum absolute atomic E-state index is 8.97. The summed E-state index contributed by atoms with van der Waals surface area (Å²) in [4.78, 5) is 8.19. The third kappa shape index (κ3) is 5.31. The quantitative estimate of drug-likeness (QED) is 0.778. The first kappa shape index (κ1) is 14.7. The van der Waals surface area contributed by atoms with Crippen LogP contribution in [0.3, 0.4) is 0 Å². The van der Waals surface area contributed by atoms with Crippen LogP contribution in [-0.4, -0.2) is 34.3 Å². The monoisotopic (exact) mass is 253 g/mol. The maximum atomic E-state index is 8.97. The smallest absolute Gasteiger partial charge is 0.218 e. The average molecular weight is 253 g/mol. The number of nitrogens with one attached hydrogen (secondary N) is 1. The second-order valence-corrected chi connectivity index (χ2v) is 5.40. The molecular formula is C13H23N3O2. The highest BCUT2D eigenvalue weighted by atomic mass is 16.5. The van der Waals surface area contributed by atoms with E-state index in [0.717, 1.165) is 18.8 Å². The first-order valence-corrected chi connectivity index (χ1v) is 6.26. The van der Waals surface area contributed by atoms with Crippen molar-refractivity contribution >= 4 is 5.82 Å². The van der Waals surface area contributed by atoms with E-state index in [1.807, 2.05) is 13.8 Å². The van der Waals surface area contributed by atoms with Gasteiger partial charge in [0, 0.05) is 19.2 Å². The summed E-state index contributed by atoms with van der Waals surface area (Å²) in [7, 11) is 0. The Bertz CT molecular complexity index is 367. The van der Waals surface area contributed by atoms with E-state index >= 15 is 0 Å². The van der Waals surface area contributed by atoms with Crippen molar-refractivity contribution in [2.75, 3.05) is 18.5 Å². The van der Waals surface area contributed by atoms with Crippen LogP contribution in [0.25, 0.3) is 0 Å². The summed E-state index contributed by atoms with van der Waals surface area (Å²) in [5, 5.41) is 12.2. The topological polar surface area (TPSA) is 67.3 Å². The van der Waals surface area contributed by atoms with Crippen LogP contribution >= 0.6 is 0 Å². The van der Waals surface area contributed by atoms with Crippen molar-refractivity contribution < 1.29 is 9.84 Å². The summed E-state index contributed by atoms with van der Waals surface area (Å²) in [6.45, 7) is 9.05. The van der Waals surface area contributed by atoms with Crippen molar-refractivity contribution in [1.82, 2.24) is 9.97 Å². The number of anilines is 1. The van der Waals surface area contributed by atoms with Crippen molar-refractivity contribution in [3.63, 3.8) is 0 Å². The van der Waals surface area contributed by atoms with E-state index in [1.54, 1.807) is 6.07 Å². The third-order valence-electron chi connectivity index (χ3n) is 2.54. The van der Waals surface area contributed by atoms with Gasteiger partial charge in [0.2, 0.25) is 5.88 Å². The van der Waals surface area contributed by atoms with Crippen molar-refractivity contribution in [2.24, 2.45) is 5.41 Å². The third-order valence-corrected chi connectivity index (χ3v) is 2.54.